The van der Waals surface area contributed by atoms with E-state index in [1.807, 2.05) is 0 Å². The van der Waals surface area contributed by atoms with Crippen LogP contribution in [-0.2, 0) is 3.07 Å². The fourth-order valence-electron chi connectivity index (χ4n) is 2.39. The Labute approximate surface area is 120 Å². The molecule has 0 radical (unpaired) electrons. The Morgan fingerprint density at radius 1 is 0.667 bits per heavy atom. The zero-order valence-electron chi connectivity index (χ0n) is 13.4. The van der Waals surface area contributed by atoms with Crippen LogP contribution in [0, 0.1) is 0 Å². The quantitative estimate of drug-likeness (QED) is 0.282. The van der Waals surface area contributed by atoms with Gasteiger partial charge in [-0.05, 0) is 0 Å². The average molecular weight is 363 g/mol. The average Bonchev–Trinajstić information content (AvgIpc) is 2.38. The van der Waals surface area contributed by atoms with E-state index in [-0.39, 0.29) is 0 Å². The van der Waals surface area contributed by atoms with Gasteiger partial charge in [0.25, 0.3) is 0 Å². The maximum atomic E-state index is 6.42. The summed E-state index contributed by atoms with van der Waals surface area (Å²) in [6.07, 6.45) is 12.3. The van der Waals surface area contributed by atoms with E-state index >= 15 is 0 Å². The van der Waals surface area contributed by atoms with E-state index in [9.17, 15) is 0 Å². The van der Waals surface area contributed by atoms with Gasteiger partial charge in [0.15, 0.2) is 0 Å². The van der Waals surface area contributed by atoms with Crippen molar-refractivity contribution in [2.24, 2.45) is 0 Å². The Hall–Kier alpha value is 0.759. The molecule has 0 rings (SSSR count). The third kappa shape index (κ3) is 10.7. The summed E-state index contributed by atoms with van der Waals surface area (Å²) < 4.78 is 9.31. The van der Waals surface area contributed by atoms with Crippen molar-refractivity contribution in [3.63, 3.8) is 0 Å². The van der Waals surface area contributed by atoms with Gasteiger partial charge in [-0.3, -0.25) is 0 Å². The van der Waals surface area contributed by atoms with E-state index in [0.29, 0.717) is 0 Å². The predicted molar refractivity (Wildman–Crippen MR) is 85.8 cm³/mol. The van der Waals surface area contributed by atoms with E-state index in [1.54, 1.807) is 0 Å². The minimum atomic E-state index is -2.13. The molecule has 0 atom stereocenters. The predicted octanol–water partition coefficient (Wildman–Crippen LogP) is 6.15. The molecule has 110 valence electrons. The van der Waals surface area contributed by atoms with Gasteiger partial charge in [-0.15, -0.1) is 0 Å². The van der Waals surface area contributed by atoms with Crippen LogP contribution in [0.2, 0.25) is 13.8 Å². The molecule has 0 aliphatic rings. The van der Waals surface area contributed by atoms with E-state index in [0.717, 1.165) is 6.61 Å². The summed E-state index contributed by atoms with van der Waals surface area (Å²) in [7, 11) is 0. The Morgan fingerprint density at radius 2 is 1.17 bits per heavy atom. The normalized spacial score (nSPS) is 12.0. The first-order valence-electron chi connectivity index (χ1n) is 8.32. The first kappa shape index (κ1) is 18.8. The van der Waals surface area contributed by atoms with Gasteiger partial charge in [0.05, 0.1) is 0 Å². The summed E-state index contributed by atoms with van der Waals surface area (Å²) >= 11 is -2.13. The van der Waals surface area contributed by atoms with Gasteiger partial charge >= 0.3 is 121 Å². The molecular weight excluding hydrogens is 327 g/mol. The van der Waals surface area contributed by atoms with Gasteiger partial charge in [-0.25, -0.2) is 0 Å². The molecule has 0 unspecified atom stereocenters. The molecule has 2 heteroatoms. The van der Waals surface area contributed by atoms with Crippen molar-refractivity contribution in [3.05, 3.63) is 0 Å². The molecule has 0 saturated carbocycles. The molecule has 0 aromatic carbocycles. The van der Waals surface area contributed by atoms with Crippen LogP contribution in [0.25, 0.3) is 0 Å². The van der Waals surface area contributed by atoms with E-state index in [2.05, 4.69) is 25.7 Å². The molecule has 0 aliphatic heterocycles. The first-order valence-corrected chi connectivity index (χ1v) is 16.4. The summed E-state index contributed by atoms with van der Waals surface area (Å²) in [6, 6.07) is 0. The Kier molecular flexibility index (Phi) is 13.3. The van der Waals surface area contributed by atoms with Crippen molar-refractivity contribution in [2.75, 3.05) is 6.61 Å². The van der Waals surface area contributed by atoms with Crippen LogP contribution in [-0.4, -0.2) is 25.4 Å². The molecule has 18 heavy (non-hydrogen) atoms. The van der Waals surface area contributed by atoms with Gasteiger partial charge < -0.3 is 0 Å². The van der Waals surface area contributed by atoms with Gasteiger partial charge in [0.2, 0.25) is 0 Å². The van der Waals surface area contributed by atoms with Gasteiger partial charge in [-0.1, -0.05) is 0 Å². The fraction of sp³-hybridized carbons (Fsp3) is 1.00. The second kappa shape index (κ2) is 12.8. The molecule has 0 heterocycles. The molecular formula is C16H36OSn. The van der Waals surface area contributed by atoms with Crippen LogP contribution < -0.4 is 0 Å². The first-order chi connectivity index (χ1) is 8.68. The van der Waals surface area contributed by atoms with Crippen molar-refractivity contribution < 1.29 is 3.07 Å². The minimum absolute atomic E-state index is 1.06. The van der Waals surface area contributed by atoms with Crippen molar-refractivity contribution in [2.45, 2.75) is 92.4 Å². The third-order valence-electron chi connectivity index (χ3n) is 3.82. The van der Waals surface area contributed by atoms with Crippen molar-refractivity contribution >= 4 is 18.8 Å². The maximum absolute atomic E-state index is 6.42. The number of hydrogen-bond acceptors (Lipinski definition) is 1. The van der Waals surface area contributed by atoms with Gasteiger partial charge in [0.1, 0.15) is 0 Å². The Morgan fingerprint density at radius 3 is 1.67 bits per heavy atom. The Balaban J connectivity index is 3.77. The van der Waals surface area contributed by atoms with Crippen LogP contribution in [0.5, 0.6) is 0 Å². The molecule has 0 fully saturated rings. The van der Waals surface area contributed by atoms with Crippen molar-refractivity contribution in [1.82, 2.24) is 0 Å². The second-order valence-electron chi connectivity index (χ2n) is 5.92. The fourth-order valence-corrected chi connectivity index (χ4v) is 12.0. The SMILES string of the molecule is CCCCCCC[O][Sn]([CH3])([CH2]CCC)[CH2]CCC. The van der Waals surface area contributed by atoms with Crippen LogP contribution in [0.3, 0.4) is 0 Å². The summed E-state index contributed by atoms with van der Waals surface area (Å²) in [5.74, 6) is 0. The third-order valence-corrected chi connectivity index (χ3v) is 14.4. The monoisotopic (exact) mass is 364 g/mol. The summed E-state index contributed by atoms with van der Waals surface area (Å²) in [4.78, 5) is 2.53. The van der Waals surface area contributed by atoms with Crippen LogP contribution in [0.15, 0.2) is 0 Å². The van der Waals surface area contributed by atoms with E-state index < -0.39 is 18.8 Å². The van der Waals surface area contributed by atoms with Crippen LogP contribution in [0.4, 0.5) is 0 Å². The number of hydrogen-bond donors (Lipinski definition) is 0. The molecule has 0 N–H and O–H groups in total. The molecule has 0 saturated heterocycles. The molecule has 0 bridgehead atoms. The standard InChI is InChI=1S/C7H15O.2C4H9.CH3.Sn/c1-2-3-4-5-6-7-8;2*1-3-4-2;;/h2-7H2,1H3;2*1,3-4H2,2H3;1H3;/q-1;;;;+1. The van der Waals surface area contributed by atoms with Gasteiger partial charge in [0, 0.05) is 0 Å². The second-order valence-corrected chi connectivity index (χ2v) is 17.9. The molecule has 0 spiro atoms. The molecule has 0 amide bonds. The van der Waals surface area contributed by atoms with Crippen molar-refractivity contribution in [1.29, 1.82) is 0 Å². The molecule has 0 aromatic heterocycles. The summed E-state index contributed by atoms with van der Waals surface area (Å²) in [6.45, 7) is 7.94. The topological polar surface area (TPSA) is 9.23 Å². The zero-order valence-corrected chi connectivity index (χ0v) is 16.2. The van der Waals surface area contributed by atoms with Crippen LogP contribution in [0.1, 0.15) is 78.6 Å². The van der Waals surface area contributed by atoms with Gasteiger partial charge in [-0.2, -0.15) is 0 Å². The molecule has 1 nitrogen and oxygen atoms in total. The summed E-state index contributed by atoms with van der Waals surface area (Å²) in [5.41, 5.74) is 0. The Bertz CT molecular complexity index is 162. The van der Waals surface area contributed by atoms with Crippen LogP contribution >= 0.6 is 0 Å². The van der Waals surface area contributed by atoms with E-state index in [4.69, 9.17) is 3.07 Å². The molecule has 0 aliphatic carbocycles. The number of rotatable bonds is 13. The number of unbranched alkanes of at least 4 members (excludes halogenated alkanes) is 6. The van der Waals surface area contributed by atoms with E-state index in [1.165, 1.54) is 66.7 Å². The molecule has 0 aromatic rings. The summed E-state index contributed by atoms with van der Waals surface area (Å²) in [5, 5.41) is 0. The van der Waals surface area contributed by atoms with Crippen molar-refractivity contribution in [3.8, 4) is 0 Å². The zero-order chi connectivity index (χ0) is 13.7.